The van der Waals surface area contributed by atoms with Gasteiger partial charge in [0.2, 0.25) is 0 Å². The van der Waals surface area contributed by atoms with Crippen LogP contribution in [0.5, 0.6) is 0 Å². The molecule has 0 aliphatic carbocycles. The van der Waals surface area contributed by atoms with E-state index in [0.29, 0.717) is 16.4 Å². The molecular weight excluding hydrogens is 176 g/mol. The Bertz CT molecular complexity index is 436. The number of halogens is 1. The summed E-state index contributed by atoms with van der Waals surface area (Å²) in [7, 11) is 0. The number of benzene rings is 1. The number of fused-ring (bicyclic) bond motifs is 1. The number of nitrogens with zero attached hydrogens (tertiary/aromatic N) is 1. The van der Waals surface area contributed by atoms with Crippen molar-refractivity contribution >= 4 is 28.4 Å². The lowest BCUT2D eigenvalue weighted by Gasteiger charge is -1.94. The van der Waals surface area contributed by atoms with Crippen molar-refractivity contribution < 1.29 is 4.52 Å². The maximum Gasteiger partial charge on any atom is 0.174 e. The van der Waals surface area contributed by atoms with Crippen LogP contribution in [0.2, 0.25) is 5.02 Å². The summed E-state index contributed by atoms with van der Waals surface area (Å²) >= 11 is 5.89. The molecule has 4 heteroatoms. The Hall–Kier alpha value is -1.22. The molecule has 0 saturated carbocycles. The molecule has 0 atom stereocenters. The third-order valence-electron chi connectivity index (χ3n) is 1.78. The molecule has 0 radical (unpaired) electrons. The highest BCUT2D eigenvalue weighted by Gasteiger charge is 2.06. The number of aromatic nitrogens is 1. The van der Waals surface area contributed by atoms with E-state index in [1.807, 2.05) is 13.0 Å². The van der Waals surface area contributed by atoms with Gasteiger partial charge in [-0.1, -0.05) is 16.8 Å². The molecule has 2 rings (SSSR count). The summed E-state index contributed by atoms with van der Waals surface area (Å²) < 4.78 is 4.95. The third kappa shape index (κ3) is 0.940. The second-order valence-electron chi connectivity index (χ2n) is 2.67. The first-order valence-electron chi connectivity index (χ1n) is 3.49. The van der Waals surface area contributed by atoms with Gasteiger partial charge in [0.25, 0.3) is 0 Å². The average molecular weight is 183 g/mol. The van der Waals surface area contributed by atoms with E-state index < -0.39 is 0 Å². The number of nitrogen functional groups attached to an aromatic ring is 1. The predicted molar refractivity (Wildman–Crippen MR) is 48.2 cm³/mol. The van der Waals surface area contributed by atoms with Crippen molar-refractivity contribution in [3.63, 3.8) is 0 Å². The van der Waals surface area contributed by atoms with Crippen LogP contribution in [0.4, 0.5) is 5.82 Å². The van der Waals surface area contributed by atoms with Crippen LogP contribution in [-0.4, -0.2) is 5.16 Å². The normalized spacial score (nSPS) is 10.8. The fraction of sp³-hybridized carbons (Fsp3) is 0.125. The van der Waals surface area contributed by atoms with Gasteiger partial charge in [0.05, 0.1) is 5.39 Å². The molecule has 0 bridgehead atoms. The number of nitrogens with two attached hydrogens (primary N) is 1. The van der Waals surface area contributed by atoms with Crippen molar-refractivity contribution in [2.75, 3.05) is 5.73 Å². The van der Waals surface area contributed by atoms with E-state index in [4.69, 9.17) is 21.9 Å². The summed E-state index contributed by atoms with van der Waals surface area (Å²) in [5, 5.41) is 5.07. The minimum atomic E-state index is 0.381. The highest BCUT2D eigenvalue weighted by molar-refractivity contribution is 6.32. The van der Waals surface area contributed by atoms with Gasteiger partial charge in [-0.15, -0.1) is 0 Å². The summed E-state index contributed by atoms with van der Waals surface area (Å²) in [6.07, 6.45) is 0. The molecule has 0 amide bonds. The first-order chi connectivity index (χ1) is 5.68. The summed E-state index contributed by atoms with van der Waals surface area (Å²) in [4.78, 5) is 0. The molecule has 2 N–H and O–H groups in total. The van der Waals surface area contributed by atoms with E-state index in [1.165, 1.54) is 0 Å². The maximum absolute atomic E-state index is 5.89. The summed E-state index contributed by atoms with van der Waals surface area (Å²) in [5.74, 6) is 0.381. The molecule has 12 heavy (non-hydrogen) atoms. The Labute approximate surface area is 74.1 Å². The number of hydrogen-bond donors (Lipinski definition) is 1. The fourth-order valence-corrected chi connectivity index (χ4v) is 1.24. The molecule has 1 heterocycles. The van der Waals surface area contributed by atoms with Crippen LogP contribution in [-0.2, 0) is 0 Å². The van der Waals surface area contributed by atoms with Crippen molar-refractivity contribution in [3.8, 4) is 0 Å². The van der Waals surface area contributed by atoms with Crippen LogP contribution in [0, 0.1) is 6.92 Å². The van der Waals surface area contributed by atoms with E-state index in [2.05, 4.69) is 5.16 Å². The van der Waals surface area contributed by atoms with E-state index in [1.54, 1.807) is 6.07 Å². The molecule has 2 aromatic rings. The number of anilines is 1. The summed E-state index contributed by atoms with van der Waals surface area (Å²) in [6.45, 7) is 1.90. The van der Waals surface area contributed by atoms with Crippen molar-refractivity contribution in [1.29, 1.82) is 0 Å². The SMILES string of the molecule is Cc1cc2onc(N)c2cc1Cl. The molecule has 0 saturated heterocycles. The monoisotopic (exact) mass is 182 g/mol. The maximum atomic E-state index is 5.89. The van der Waals surface area contributed by atoms with Crippen LogP contribution in [0.1, 0.15) is 5.56 Å². The van der Waals surface area contributed by atoms with Gasteiger partial charge in [-0.3, -0.25) is 0 Å². The van der Waals surface area contributed by atoms with E-state index in [9.17, 15) is 0 Å². The molecule has 0 spiro atoms. The lowest BCUT2D eigenvalue weighted by Crippen LogP contribution is -1.83. The van der Waals surface area contributed by atoms with Gasteiger partial charge in [0.15, 0.2) is 11.4 Å². The highest BCUT2D eigenvalue weighted by atomic mass is 35.5. The molecule has 0 aliphatic heterocycles. The van der Waals surface area contributed by atoms with Crippen LogP contribution in [0.15, 0.2) is 16.7 Å². The van der Waals surface area contributed by atoms with Gasteiger partial charge in [-0.2, -0.15) is 0 Å². The largest absolute Gasteiger partial charge is 0.380 e. The molecule has 1 aromatic heterocycles. The molecule has 0 fully saturated rings. The molecular formula is C8H7ClN2O. The fourth-order valence-electron chi connectivity index (χ4n) is 1.08. The Morgan fingerprint density at radius 2 is 2.25 bits per heavy atom. The lowest BCUT2D eigenvalue weighted by molar-refractivity contribution is 0.460. The average Bonchev–Trinajstić information content (AvgIpc) is 2.35. The summed E-state index contributed by atoms with van der Waals surface area (Å²) in [5.41, 5.74) is 7.17. The van der Waals surface area contributed by atoms with Crippen LogP contribution in [0.3, 0.4) is 0 Å². The first-order valence-corrected chi connectivity index (χ1v) is 3.87. The van der Waals surface area contributed by atoms with Crippen LogP contribution < -0.4 is 5.73 Å². The van der Waals surface area contributed by atoms with Gasteiger partial charge in [0.1, 0.15) is 0 Å². The Morgan fingerprint density at radius 1 is 1.50 bits per heavy atom. The van der Waals surface area contributed by atoms with E-state index >= 15 is 0 Å². The first kappa shape index (κ1) is 7.43. The second-order valence-corrected chi connectivity index (χ2v) is 3.07. The van der Waals surface area contributed by atoms with Gasteiger partial charge in [0, 0.05) is 5.02 Å². The van der Waals surface area contributed by atoms with Gasteiger partial charge in [-0.25, -0.2) is 0 Å². The Balaban J connectivity index is 2.87. The van der Waals surface area contributed by atoms with Gasteiger partial charge < -0.3 is 10.3 Å². The van der Waals surface area contributed by atoms with E-state index in [-0.39, 0.29) is 0 Å². The summed E-state index contributed by atoms with van der Waals surface area (Å²) in [6, 6.07) is 3.58. The molecule has 1 aromatic carbocycles. The minimum absolute atomic E-state index is 0.381. The lowest BCUT2D eigenvalue weighted by atomic mass is 10.2. The second kappa shape index (κ2) is 2.38. The van der Waals surface area contributed by atoms with Crippen LogP contribution in [0.25, 0.3) is 11.0 Å². The quantitative estimate of drug-likeness (QED) is 0.681. The molecule has 0 aliphatic rings. The number of hydrogen-bond acceptors (Lipinski definition) is 3. The zero-order chi connectivity index (χ0) is 8.72. The molecule has 3 nitrogen and oxygen atoms in total. The third-order valence-corrected chi connectivity index (χ3v) is 2.19. The highest BCUT2D eigenvalue weighted by Crippen LogP contribution is 2.26. The predicted octanol–water partition coefficient (Wildman–Crippen LogP) is 2.37. The number of aryl methyl sites for hydroxylation is 1. The zero-order valence-electron chi connectivity index (χ0n) is 6.47. The van der Waals surface area contributed by atoms with Gasteiger partial charge in [-0.05, 0) is 24.6 Å². The topological polar surface area (TPSA) is 52.0 Å². The number of rotatable bonds is 0. The zero-order valence-corrected chi connectivity index (χ0v) is 7.22. The van der Waals surface area contributed by atoms with Crippen molar-refractivity contribution in [2.24, 2.45) is 0 Å². The van der Waals surface area contributed by atoms with Crippen molar-refractivity contribution in [1.82, 2.24) is 5.16 Å². The molecule has 62 valence electrons. The van der Waals surface area contributed by atoms with E-state index in [0.717, 1.165) is 10.9 Å². The van der Waals surface area contributed by atoms with Crippen molar-refractivity contribution in [2.45, 2.75) is 6.92 Å². The minimum Gasteiger partial charge on any atom is -0.380 e. The smallest absolute Gasteiger partial charge is 0.174 e. The Morgan fingerprint density at radius 3 is 3.00 bits per heavy atom. The van der Waals surface area contributed by atoms with Gasteiger partial charge >= 0.3 is 0 Å². The standard InChI is InChI=1S/C8H7ClN2O/c1-4-2-7-5(3-6(4)9)8(10)11-12-7/h2-3H,1H3,(H2,10,11). The van der Waals surface area contributed by atoms with Crippen LogP contribution >= 0.6 is 11.6 Å². The molecule has 0 unspecified atom stereocenters. The Kier molecular flexibility index (Phi) is 1.48. The van der Waals surface area contributed by atoms with Crippen molar-refractivity contribution in [3.05, 3.63) is 22.7 Å².